The van der Waals surface area contributed by atoms with E-state index in [1.165, 1.54) is 12.1 Å². The number of piperazine rings is 1. The van der Waals surface area contributed by atoms with Crippen molar-refractivity contribution >= 4 is 28.9 Å². The first kappa shape index (κ1) is 23.8. The lowest BCUT2D eigenvalue weighted by Crippen LogP contribution is -2.49. The van der Waals surface area contributed by atoms with Gasteiger partial charge in [0.2, 0.25) is 0 Å². The molecule has 0 radical (unpaired) electrons. The third-order valence-electron chi connectivity index (χ3n) is 5.98. The topological polar surface area (TPSA) is 48.8 Å². The van der Waals surface area contributed by atoms with Gasteiger partial charge in [-0.15, -0.1) is 0 Å². The first-order valence-electron chi connectivity index (χ1n) is 10.9. The summed E-state index contributed by atoms with van der Waals surface area (Å²) >= 11 is 12.7. The third kappa shape index (κ3) is 5.58. The van der Waals surface area contributed by atoms with Gasteiger partial charge in [-0.25, -0.2) is 4.39 Å². The number of aromatic nitrogens is 1. The number of hydrogen-bond acceptors (Lipinski definition) is 5. The van der Waals surface area contributed by atoms with Gasteiger partial charge in [0.05, 0.1) is 34.1 Å². The maximum Gasteiger partial charge on any atom is 0.123 e. The zero-order valence-corrected chi connectivity index (χ0v) is 19.8. The van der Waals surface area contributed by atoms with Crippen molar-refractivity contribution in [1.82, 2.24) is 9.88 Å². The molecule has 1 aliphatic heterocycles. The normalized spacial score (nSPS) is 17.7. The Hall–Kier alpha value is -2.38. The summed E-state index contributed by atoms with van der Waals surface area (Å²) in [6.07, 6.45) is 1.67. The van der Waals surface area contributed by atoms with E-state index in [4.69, 9.17) is 33.0 Å². The molecule has 1 saturated heterocycles. The smallest absolute Gasteiger partial charge is 0.123 e. The van der Waals surface area contributed by atoms with Crippen LogP contribution in [0.25, 0.3) is 0 Å². The van der Waals surface area contributed by atoms with Crippen molar-refractivity contribution in [3.05, 3.63) is 87.9 Å². The van der Waals surface area contributed by atoms with Crippen LogP contribution in [0.1, 0.15) is 30.3 Å². The van der Waals surface area contributed by atoms with E-state index in [-0.39, 0.29) is 31.1 Å². The standard InChI is InChI=1S/C25H26Cl2FN3O2/c1-17(23-8-4-19(26)15-29-23)30-10-11-31(25(16-30)18-2-5-20(28)6-3-18)24-9-7-21(14-22(24)27)33-13-12-32/h2-9,14-15,17,25,32H,10-13,16H2,1H3/t17-,25+/m1/s1. The van der Waals surface area contributed by atoms with Gasteiger partial charge in [0.1, 0.15) is 18.2 Å². The lowest BCUT2D eigenvalue weighted by Gasteiger charge is -2.45. The average Bonchev–Trinajstić information content (AvgIpc) is 2.83. The number of aliphatic hydroxyl groups excluding tert-OH is 1. The fraction of sp³-hybridized carbons (Fsp3) is 0.320. The SMILES string of the molecule is C[C@H](c1ccc(Cl)cn1)N1CCN(c2ccc(OCCO)cc2Cl)[C@H](c2ccc(F)cc2)C1. The molecule has 1 N–H and O–H groups in total. The van der Waals surface area contributed by atoms with E-state index in [0.29, 0.717) is 15.8 Å². The molecule has 0 saturated carbocycles. The Bertz CT molecular complexity index is 1070. The van der Waals surface area contributed by atoms with E-state index in [9.17, 15) is 4.39 Å². The predicted molar refractivity (Wildman–Crippen MR) is 130 cm³/mol. The van der Waals surface area contributed by atoms with E-state index >= 15 is 0 Å². The van der Waals surface area contributed by atoms with Crippen LogP contribution in [0.4, 0.5) is 10.1 Å². The fourth-order valence-corrected chi connectivity index (χ4v) is 4.60. The molecular formula is C25H26Cl2FN3O2. The zero-order chi connectivity index (χ0) is 23.4. The van der Waals surface area contributed by atoms with E-state index in [0.717, 1.165) is 36.6 Å². The van der Waals surface area contributed by atoms with Crippen molar-refractivity contribution in [2.24, 2.45) is 0 Å². The Morgan fingerprint density at radius 3 is 2.58 bits per heavy atom. The van der Waals surface area contributed by atoms with Gasteiger partial charge in [0.15, 0.2) is 0 Å². The highest BCUT2D eigenvalue weighted by atomic mass is 35.5. The lowest BCUT2D eigenvalue weighted by molar-refractivity contribution is 0.168. The summed E-state index contributed by atoms with van der Waals surface area (Å²) in [7, 11) is 0. The second-order valence-corrected chi connectivity index (χ2v) is 8.86. The van der Waals surface area contributed by atoms with E-state index in [2.05, 4.69) is 21.7 Å². The van der Waals surface area contributed by atoms with Crippen molar-refractivity contribution in [3.63, 3.8) is 0 Å². The molecule has 8 heteroatoms. The molecule has 2 heterocycles. The van der Waals surface area contributed by atoms with E-state index in [1.807, 2.05) is 36.4 Å². The van der Waals surface area contributed by atoms with Crippen LogP contribution in [0.2, 0.25) is 10.0 Å². The summed E-state index contributed by atoms with van der Waals surface area (Å²) in [6, 6.07) is 16.1. The van der Waals surface area contributed by atoms with Crippen LogP contribution in [-0.4, -0.2) is 47.8 Å². The molecule has 33 heavy (non-hydrogen) atoms. The lowest BCUT2D eigenvalue weighted by atomic mass is 9.99. The quantitative estimate of drug-likeness (QED) is 0.473. The molecule has 3 aromatic rings. The summed E-state index contributed by atoms with van der Waals surface area (Å²) in [6.45, 7) is 4.54. The maximum atomic E-state index is 13.6. The molecule has 0 amide bonds. The minimum atomic E-state index is -0.264. The van der Waals surface area contributed by atoms with E-state index < -0.39 is 0 Å². The number of anilines is 1. The third-order valence-corrected chi connectivity index (χ3v) is 6.51. The number of pyridine rings is 1. The monoisotopic (exact) mass is 489 g/mol. The number of halogens is 3. The van der Waals surface area contributed by atoms with Crippen LogP contribution in [0.3, 0.4) is 0 Å². The molecule has 0 aliphatic carbocycles. The molecular weight excluding hydrogens is 464 g/mol. The van der Waals surface area contributed by atoms with Crippen molar-refractivity contribution < 1.29 is 14.2 Å². The van der Waals surface area contributed by atoms with Crippen LogP contribution >= 0.6 is 23.2 Å². The molecule has 1 aliphatic rings. The molecule has 2 aromatic carbocycles. The van der Waals surface area contributed by atoms with Crippen molar-refractivity contribution in [3.8, 4) is 5.75 Å². The van der Waals surface area contributed by atoms with Crippen molar-refractivity contribution in [2.75, 3.05) is 37.7 Å². The number of hydrogen-bond donors (Lipinski definition) is 1. The largest absolute Gasteiger partial charge is 0.491 e. The molecule has 2 atom stereocenters. The molecule has 0 unspecified atom stereocenters. The van der Waals surface area contributed by atoms with Gasteiger partial charge in [-0.2, -0.15) is 0 Å². The van der Waals surface area contributed by atoms with Gasteiger partial charge in [-0.3, -0.25) is 9.88 Å². The highest BCUT2D eigenvalue weighted by molar-refractivity contribution is 6.33. The predicted octanol–water partition coefficient (Wildman–Crippen LogP) is 5.52. The maximum absolute atomic E-state index is 13.6. The summed E-state index contributed by atoms with van der Waals surface area (Å²) < 4.78 is 19.1. The highest BCUT2D eigenvalue weighted by Crippen LogP contribution is 2.38. The van der Waals surface area contributed by atoms with Crippen molar-refractivity contribution in [2.45, 2.75) is 19.0 Å². The van der Waals surface area contributed by atoms with Crippen LogP contribution in [0, 0.1) is 5.82 Å². The summed E-state index contributed by atoms with van der Waals surface area (Å²) in [5.74, 6) is 0.345. The van der Waals surface area contributed by atoms with Gasteiger partial charge >= 0.3 is 0 Å². The van der Waals surface area contributed by atoms with Crippen LogP contribution in [-0.2, 0) is 0 Å². The summed E-state index contributed by atoms with van der Waals surface area (Å²) in [5.41, 5.74) is 2.85. The van der Waals surface area contributed by atoms with Gasteiger partial charge in [0, 0.05) is 37.9 Å². The Morgan fingerprint density at radius 2 is 1.91 bits per heavy atom. The number of ether oxygens (including phenoxy) is 1. The first-order chi connectivity index (χ1) is 16.0. The molecule has 1 aromatic heterocycles. The first-order valence-corrected chi connectivity index (χ1v) is 11.6. The number of rotatable bonds is 7. The molecule has 0 spiro atoms. The highest BCUT2D eigenvalue weighted by Gasteiger charge is 2.32. The number of benzene rings is 2. The van der Waals surface area contributed by atoms with Crippen LogP contribution in [0.5, 0.6) is 5.75 Å². The minimum Gasteiger partial charge on any atom is -0.491 e. The molecule has 5 nitrogen and oxygen atoms in total. The van der Waals surface area contributed by atoms with Crippen LogP contribution in [0.15, 0.2) is 60.8 Å². The van der Waals surface area contributed by atoms with Gasteiger partial charge in [-0.1, -0.05) is 35.3 Å². The van der Waals surface area contributed by atoms with Crippen molar-refractivity contribution in [1.29, 1.82) is 0 Å². The molecule has 0 bridgehead atoms. The minimum absolute atomic E-state index is 0.0317. The Morgan fingerprint density at radius 1 is 1.12 bits per heavy atom. The Labute approximate surface area is 203 Å². The van der Waals surface area contributed by atoms with Crippen LogP contribution < -0.4 is 9.64 Å². The van der Waals surface area contributed by atoms with Gasteiger partial charge in [-0.05, 0) is 48.9 Å². The summed E-state index contributed by atoms with van der Waals surface area (Å²) in [5, 5.41) is 10.2. The molecule has 4 rings (SSSR count). The van der Waals surface area contributed by atoms with E-state index in [1.54, 1.807) is 12.3 Å². The fourth-order valence-electron chi connectivity index (χ4n) is 4.21. The zero-order valence-electron chi connectivity index (χ0n) is 18.3. The number of nitrogens with zero attached hydrogens (tertiary/aromatic N) is 3. The Kier molecular flexibility index (Phi) is 7.71. The second-order valence-electron chi connectivity index (χ2n) is 8.02. The number of aliphatic hydroxyl groups is 1. The molecule has 1 fully saturated rings. The molecule has 174 valence electrons. The Balaban J connectivity index is 1.62. The average molecular weight is 490 g/mol. The van der Waals surface area contributed by atoms with Gasteiger partial charge in [0.25, 0.3) is 0 Å². The summed E-state index contributed by atoms with van der Waals surface area (Å²) in [4.78, 5) is 9.12. The second kappa shape index (κ2) is 10.7. The van der Waals surface area contributed by atoms with Gasteiger partial charge < -0.3 is 14.7 Å².